The molecule has 0 saturated heterocycles. The lowest BCUT2D eigenvalue weighted by Crippen LogP contribution is -2.86. The van der Waals surface area contributed by atoms with E-state index in [9.17, 15) is 4.79 Å². The number of methoxy groups -OCH3 is 1. The number of nitrogens with zero attached hydrogens (tertiary/aromatic N) is 1. The number of quaternary nitrogens is 1. The molecule has 0 spiro atoms. The molecule has 1 aliphatic carbocycles. The number of ether oxygens (including phenoxy) is 1. The first-order valence-electron chi connectivity index (χ1n) is 10.2. The van der Waals surface area contributed by atoms with E-state index in [4.69, 9.17) is 4.74 Å². The molecule has 0 fully saturated rings. The van der Waals surface area contributed by atoms with Gasteiger partial charge in [0.2, 0.25) is 0 Å². The Bertz CT molecular complexity index is 991. The number of fused-ring (bicyclic) bond motifs is 3. The van der Waals surface area contributed by atoms with Crippen molar-refractivity contribution in [2.45, 2.75) is 51.7 Å². The summed E-state index contributed by atoms with van der Waals surface area (Å²) in [6, 6.07) is 17.9. The van der Waals surface area contributed by atoms with Crippen molar-refractivity contribution in [3.63, 3.8) is 0 Å². The van der Waals surface area contributed by atoms with Gasteiger partial charge in [0.15, 0.2) is 0 Å². The Morgan fingerprint density at radius 3 is 2.79 bits per heavy atom. The van der Waals surface area contributed by atoms with Crippen LogP contribution in [0, 0.1) is 6.92 Å². The van der Waals surface area contributed by atoms with Crippen molar-refractivity contribution in [2.24, 2.45) is 0 Å². The molecular weight excluding hydrogens is 348 g/mol. The summed E-state index contributed by atoms with van der Waals surface area (Å²) in [7, 11) is 1.46. The van der Waals surface area contributed by atoms with Crippen molar-refractivity contribution in [1.82, 2.24) is 4.57 Å². The zero-order valence-corrected chi connectivity index (χ0v) is 16.9. The number of hydrogen-bond donors (Lipinski definition) is 1. The van der Waals surface area contributed by atoms with Crippen LogP contribution < -0.4 is 5.32 Å². The average Bonchev–Trinajstić information content (AvgIpc) is 3.02. The summed E-state index contributed by atoms with van der Waals surface area (Å²) in [5.74, 6) is -0.194. The second kappa shape index (κ2) is 7.80. The van der Waals surface area contributed by atoms with Gasteiger partial charge < -0.3 is 14.6 Å². The second-order valence-electron chi connectivity index (χ2n) is 7.94. The minimum atomic E-state index is -0.194. The van der Waals surface area contributed by atoms with Crippen LogP contribution in [-0.2, 0) is 22.5 Å². The van der Waals surface area contributed by atoms with Crippen LogP contribution in [0.2, 0.25) is 0 Å². The molecule has 146 valence electrons. The highest BCUT2D eigenvalue weighted by Gasteiger charge is 2.32. The molecule has 2 N–H and O–H groups in total. The number of carbonyl (C=O) groups excluding carboxylic acids is 1. The Morgan fingerprint density at radius 1 is 1.25 bits per heavy atom. The van der Waals surface area contributed by atoms with Gasteiger partial charge >= 0.3 is 5.97 Å². The molecule has 0 unspecified atom stereocenters. The first kappa shape index (κ1) is 18.8. The molecule has 0 aliphatic heterocycles. The fourth-order valence-electron chi connectivity index (χ4n) is 4.65. The van der Waals surface area contributed by atoms with Gasteiger partial charge in [-0.15, -0.1) is 0 Å². The van der Waals surface area contributed by atoms with Crippen LogP contribution in [0.3, 0.4) is 0 Å². The molecule has 1 aliphatic rings. The molecular formula is C24H29N2O2+. The SMILES string of the molecule is COC(=O)Cn1c2c(c3cc(C)ccc31)CCC[C@H]2[NH2+][C@@H](C)c1ccccc1. The first-order chi connectivity index (χ1) is 13.6. The third-order valence-electron chi connectivity index (χ3n) is 6.02. The molecule has 28 heavy (non-hydrogen) atoms. The van der Waals surface area contributed by atoms with Crippen LogP contribution in [0.4, 0.5) is 0 Å². The average molecular weight is 378 g/mol. The predicted octanol–water partition coefficient (Wildman–Crippen LogP) is 3.82. The number of carbonyl (C=O) groups is 1. The number of hydrogen-bond acceptors (Lipinski definition) is 2. The fraction of sp³-hybridized carbons (Fsp3) is 0.375. The summed E-state index contributed by atoms with van der Waals surface area (Å²) in [4.78, 5) is 12.2. The molecule has 1 heterocycles. The highest BCUT2D eigenvalue weighted by molar-refractivity contribution is 5.88. The van der Waals surface area contributed by atoms with Gasteiger partial charge in [-0.1, -0.05) is 42.0 Å². The maximum Gasteiger partial charge on any atom is 0.325 e. The van der Waals surface area contributed by atoms with Gasteiger partial charge in [-0.2, -0.15) is 0 Å². The molecule has 4 heteroatoms. The van der Waals surface area contributed by atoms with E-state index in [0.717, 1.165) is 18.4 Å². The number of aromatic nitrogens is 1. The van der Waals surface area contributed by atoms with E-state index in [1.807, 2.05) is 0 Å². The van der Waals surface area contributed by atoms with Crippen molar-refractivity contribution in [3.8, 4) is 0 Å². The molecule has 3 aromatic rings. The summed E-state index contributed by atoms with van der Waals surface area (Å²) < 4.78 is 7.21. The number of esters is 1. The molecule has 0 bridgehead atoms. The minimum Gasteiger partial charge on any atom is -0.468 e. The smallest absolute Gasteiger partial charge is 0.325 e. The Kier molecular flexibility index (Phi) is 5.23. The number of nitrogens with two attached hydrogens (primary N) is 1. The molecule has 2 aromatic carbocycles. The van der Waals surface area contributed by atoms with Crippen molar-refractivity contribution in [1.29, 1.82) is 0 Å². The standard InChI is InChI=1S/C24H28N2O2/c1-16-12-13-22-20(14-16)19-10-7-11-21(24(19)26(22)15-23(27)28-3)25-17(2)18-8-5-4-6-9-18/h4-6,8-9,12-14,17,21,25H,7,10-11,15H2,1-3H3/p+1/t17-,21+/m0/s1. The van der Waals surface area contributed by atoms with Crippen molar-refractivity contribution in [3.05, 3.63) is 70.9 Å². The van der Waals surface area contributed by atoms with Gasteiger partial charge in [-0.3, -0.25) is 4.79 Å². The number of aryl methyl sites for hydroxylation is 2. The third kappa shape index (κ3) is 3.45. The largest absolute Gasteiger partial charge is 0.468 e. The monoisotopic (exact) mass is 377 g/mol. The zero-order valence-electron chi connectivity index (χ0n) is 16.9. The van der Waals surface area contributed by atoms with Gasteiger partial charge in [0.1, 0.15) is 18.6 Å². The normalized spacial score (nSPS) is 17.3. The van der Waals surface area contributed by atoms with E-state index in [2.05, 4.69) is 72.3 Å². The van der Waals surface area contributed by atoms with Crippen LogP contribution in [0.15, 0.2) is 48.5 Å². The van der Waals surface area contributed by atoms with Crippen LogP contribution in [0.25, 0.3) is 10.9 Å². The van der Waals surface area contributed by atoms with Crippen molar-refractivity contribution >= 4 is 16.9 Å². The molecule has 1 aromatic heterocycles. The number of rotatable bonds is 5. The highest BCUT2D eigenvalue weighted by atomic mass is 16.5. The van der Waals surface area contributed by atoms with Crippen LogP contribution in [0.1, 0.15) is 54.2 Å². The Balaban J connectivity index is 1.78. The van der Waals surface area contributed by atoms with E-state index in [1.54, 1.807) is 0 Å². The van der Waals surface area contributed by atoms with Gasteiger partial charge in [0, 0.05) is 22.9 Å². The molecule has 4 rings (SSSR count). The van der Waals surface area contributed by atoms with Gasteiger partial charge in [0.25, 0.3) is 0 Å². The molecule has 0 saturated carbocycles. The summed E-state index contributed by atoms with van der Waals surface area (Å²) in [6.07, 6.45) is 3.38. The lowest BCUT2D eigenvalue weighted by atomic mass is 9.90. The van der Waals surface area contributed by atoms with E-state index in [1.165, 1.54) is 41.3 Å². The Hall–Kier alpha value is -2.59. The maximum absolute atomic E-state index is 12.2. The molecule has 4 nitrogen and oxygen atoms in total. The lowest BCUT2D eigenvalue weighted by Gasteiger charge is -2.26. The Morgan fingerprint density at radius 2 is 2.04 bits per heavy atom. The zero-order chi connectivity index (χ0) is 19.7. The Labute approximate surface area is 166 Å². The molecule has 2 atom stereocenters. The van der Waals surface area contributed by atoms with E-state index < -0.39 is 0 Å². The van der Waals surface area contributed by atoms with Gasteiger partial charge in [-0.05, 0) is 44.4 Å². The van der Waals surface area contributed by atoms with Crippen molar-refractivity contribution in [2.75, 3.05) is 7.11 Å². The van der Waals surface area contributed by atoms with Gasteiger partial charge in [0.05, 0.1) is 12.8 Å². The van der Waals surface area contributed by atoms with Crippen LogP contribution in [0.5, 0.6) is 0 Å². The predicted molar refractivity (Wildman–Crippen MR) is 111 cm³/mol. The summed E-state index contributed by atoms with van der Waals surface area (Å²) in [5.41, 5.74) is 6.46. The van der Waals surface area contributed by atoms with Gasteiger partial charge in [-0.25, -0.2) is 0 Å². The maximum atomic E-state index is 12.2. The quantitative estimate of drug-likeness (QED) is 0.687. The highest BCUT2D eigenvalue weighted by Crippen LogP contribution is 2.36. The first-order valence-corrected chi connectivity index (χ1v) is 10.2. The van der Waals surface area contributed by atoms with E-state index in [0.29, 0.717) is 12.1 Å². The fourth-order valence-corrected chi connectivity index (χ4v) is 4.65. The summed E-state index contributed by atoms with van der Waals surface area (Å²) in [5, 5.41) is 3.76. The minimum absolute atomic E-state index is 0.194. The topological polar surface area (TPSA) is 47.8 Å². The van der Waals surface area contributed by atoms with E-state index >= 15 is 0 Å². The van der Waals surface area contributed by atoms with Crippen molar-refractivity contribution < 1.29 is 14.8 Å². The summed E-state index contributed by atoms with van der Waals surface area (Å²) >= 11 is 0. The third-order valence-corrected chi connectivity index (χ3v) is 6.02. The van der Waals surface area contributed by atoms with Crippen LogP contribution in [-0.4, -0.2) is 17.6 Å². The number of benzene rings is 2. The van der Waals surface area contributed by atoms with Crippen LogP contribution >= 0.6 is 0 Å². The lowest BCUT2D eigenvalue weighted by molar-refractivity contribution is -0.733. The van der Waals surface area contributed by atoms with E-state index in [-0.39, 0.29) is 12.5 Å². The second-order valence-corrected chi connectivity index (χ2v) is 7.94. The molecule has 0 amide bonds. The molecule has 0 radical (unpaired) electrons. The summed E-state index contributed by atoms with van der Waals surface area (Å²) in [6.45, 7) is 4.67.